The van der Waals surface area contributed by atoms with E-state index in [1.54, 1.807) is 23.9 Å². The zero-order valence-corrected chi connectivity index (χ0v) is 18.0. The molecule has 1 aliphatic heterocycles. The van der Waals surface area contributed by atoms with Crippen molar-refractivity contribution in [1.29, 1.82) is 0 Å². The molecule has 4 rings (SSSR count). The van der Waals surface area contributed by atoms with Gasteiger partial charge in [-0.2, -0.15) is 5.10 Å². The van der Waals surface area contributed by atoms with E-state index in [1.165, 1.54) is 6.20 Å². The van der Waals surface area contributed by atoms with E-state index < -0.39 is 0 Å². The maximum absolute atomic E-state index is 12.8. The summed E-state index contributed by atoms with van der Waals surface area (Å²) in [5, 5.41) is 7.22. The summed E-state index contributed by atoms with van der Waals surface area (Å²) in [5.41, 5.74) is 2.04. The molecule has 0 unspecified atom stereocenters. The van der Waals surface area contributed by atoms with Crippen molar-refractivity contribution in [3.63, 3.8) is 0 Å². The number of hydrogen-bond donors (Lipinski definition) is 1. The normalized spacial score (nSPS) is 14.0. The standard InChI is InChI=1S/C23H26N6O3/c1-2-32-22(30)18-8-9-21(24-17-18)27-11-5-12-28(15-14-27)23(31)26-19-6-3-7-20(16-19)29-13-4-10-25-29/h3-4,6-10,13,16-17H,2,5,11-12,14-15H2,1H3,(H,26,31). The molecule has 9 nitrogen and oxygen atoms in total. The van der Waals surface area contributed by atoms with Crippen molar-refractivity contribution < 1.29 is 14.3 Å². The highest BCUT2D eigenvalue weighted by molar-refractivity contribution is 5.90. The summed E-state index contributed by atoms with van der Waals surface area (Å²) in [5.74, 6) is 0.411. The van der Waals surface area contributed by atoms with Crippen LogP contribution in [0, 0.1) is 0 Å². The van der Waals surface area contributed by atoms with Crippen LogP contribution in [0.4, 0.5) is 16.3 Å². The van der Waals surface area contributed by atoms with Gasteiger partial charge in [0, 0.05) is 50.5 Å². The zero-order chi connectivity index (χ0) is 22.3. The van der Waals surface area contributed by atoms with E-state index in [1.807, 2.05) is 47.5 Å². The fourth-order valence-corrected chi connectivity index (χ4v) is 3.61. The number of carbonyl (C=O) groups is 2. The van der Waals surface area contributed by atoms with Crippen LogP contribution in [0.15, 0.2) is 61.1 Å². The average molecular weight is 435 g/mol. The minimum absolute atomic E-state index is 0.130. The van der Waals surface area contributed by atoms with Gasteiger partial charge in [-0.05, 0) is 49.7 Å². The number of nitrogens with zero attached hydrogens (tertiary/aromatic N) is 5. The molecule has 9 heteroatoms. The van der Waals surface area contributed by atoms with Crippen LogP contribution in [0.25, 0.3) is 5.69 Å². The molecule has 0 atom stereocenters. The van der Waals surface area contributed by atoms with Crippen molar-refractivity contribution in [2.75, 3.05) is 43.0 Å². The van der Waals surface area contributed by atoms with Gasteiger partial charge in [0.15, 0.2) is 0 Å². The van der Waals surface area contributed by atoms with Crippen LogP contribution in [0.5, 0.6) is 0 Å². The van der Waals surface area contributed by atoms with Crippen LogP contribution in [0.1, 0.15) is 23.7 Å². The smallest absolute Gasteiger partial charge is 0.339 e. The van der Waals surface area contributed by atoms with Crippen molar-refractivity contribution in [3.8, 4) is 5.69 Å². The lowest BCUT2D eigenvalue weighted by molar-refractivity contribution is 0.0526. The summed E-state index contributed by atoms with van der Waals surface area (Å²) >= 11 is 0. The molecule has 0 saturated carbocycles. The summed E-state index contributed by atoms with van der Waals surface area (Å²) < 4.78 is 6.75. The molecule has 1 aliphatic rings. The van der Waals surface area contributed by atoms with Crippen molar-refractivity contribution in [2.45, 2.75) is 13.3 Å². The largest absolute Gasteiger partial charge is 0.462 e. The molecule has 3 aromatic rings. The molecule has 0 spiro atoms. The van der Waals surface area contributed by atoms with Crippen LogP contribution in [0.2, 0.25) is 0 Å². The predicted molar refractivity (Wildman–Crippen MR) is 121 cm³/mol. The first-order valence-electron chi connectivity index (χ1n) is 10.7. The second-order valence-electron chi connectivity index (χ2n) is 7.38. The second kappa shape index (κ2) is 9.95. The molecule has 2 aromatic heterocycles. The van der Waals surface area contributed by atoms with E-state index in [4.69, 9.17) is 4.74 Å². The Morgan fingerprint density at radius 1 is 1.09 bits per heavy atom. The first-order valence-corrected chi connectivity index (χ1v) is 10.7. The number of benzene rings is 1. The second-order valence-corrected chi connectivity index (χ2v) is 7.38. The number of carbonyl (C=O) groups excluding carboxylic acids is 2. The van der Waals surface area contributed by atoms with Crippen LogP contribution < -0.4 is 10.2 Å². The van der Waals surface area contributed by atoms with E-state index >= 15 is 0 Å². The monoisotopic (exact) mass is 434 g/mol. The fraction of sp³-hybridized carbons (Fsp3) is 0.304. The van der Waals surface area contributed by atoms with E-state index in [0.29, 0.717) is 31.8 Å². The van der Waals surface area contributed by atoms with Crippen molar-refractivity contribution in [1.82, 2.24) is 19.7 Å². The van der Waals surface area contributed by atoms with Gasteiger partial charge in [-0.15, -0.1) is 0 Å². The van der Waals surface area contributed by atoms with Crippen molar-refractivity contribution in [3.05, 3.63) is 66.6 Å². The number of nitrogens with one attached hydrogen (secondary N) is 1. The summed E-state index contributed by atoms with van der Waals surface area (Å²) in [6, 6.07) is 12.9. The van der Waals surface area contributed by atoms with Crippen molar-refractivity contribution >= 4 is 23.5 Å². The van der Waals surface area contributed by atoms with E-state index in [9.17, 15) is 9.59 Å². The Kier molecular flexibility index (Phi) is 6.64. The Morgan fingerprint density at radius 3 is 2.75 bits per heavy atom. The van der Waals surface area contributed by atoms with E-state index in [2.05, 4.69) is 20.3 Å². The topological polar surface area (TPSA) is 92.6 Å². The van der Waals surface area contributed by atoms with Crippen LogP contribution in [0.3, 0.4) is 0 Å². The number of anilines is 2. The summed E-state index contributed by atoms with van der Waals surface area (Å²) in [4.78, 5) is 33.0. The van der Waals surface area contributed by atoms with Crippen LogP contribution >= 0.6 is 0 Å². The van der Waals surface area contributed by atoms with Gasteiger partial charge in [0.25, 0.3) is 0 Å². The average Bonchev–Trinajstić information content (AvgIpc) is 3.24. The highest BCUT2D eigenvalue weighted by Gasteiger charge is 2.20. The number of hydrogen-bond acceptors (Lipinski definition) is 6. The van der Waals surface area contributed by atoms with Gasteiger partial charge < -0.3 is 19.9 Å². The number of esters is 1. The molecule has 1 saturated heterocycles. The third kappa shape index (κ3) is 5.05. The summed E-state index contributed by atoms with van der Waals surface area (Å²) in [7, 11) is 0. The fourth-order valence-electron chi connectivity index (χ4n) is 3.61. The van der Waals surface area contributed by atoms with Gasteiger partial charge in [-0.1, -0.05) is 6.07 Å². The van der Waals surface area contributed by atoms with Gasteiger partial charge in [0.2, 0.25) is 0 Å². The van der Waals surface area contributed by atoms with E-state index in [0.717, 1.165) is 30.2 Å². The third-order valence-electron chi connectivity index (χ3n) is 5.23. The minimum atomic E-state index is -0.373. The SMILES string of the molecule is CCOC(=O)c1ccc(N2CCCN(C(=O)Nc3cccc(-n4cccn4)c3)CC2)nc1. The van der Waals surface area contributed by atoms with Crippen molar-refractivity contribution in [2.24, 2.45) is 0 Å². The number of amides is 2. The van der Waals surface area contributed by atoms with Gasteiger partial charge in [-0.25, -0.2) is 19.3 Å². The molecule has 0 aliphatic carbocycles. The zero-order valence-electron chi connectivity index (χ0n) is 18.0. The van der Waals surface area contributed by atoms with Gasteiger partial charge >= 0.3 is 12.0 Å². The van der Waals surface area contributed by atoms with Gasteiger partial charge in [0.05, 0.1) is 17.9 Å². The highest BCUT2D eigenvalue weighted by atomic mass is 16.5. The lowest BCUT2D eigenvalue weighted by Gasteiger charge is -2.23. The molecule has 1 fully saturated rings. The van der Waals surface area contributed by atoms with Crippen LogP contribution in [-0.4, -0.2) is 64.5 Å². The number of rotatable bonds is 5. The molecule has 2 amide bonds. The maximum Gasteiger partial charge on any atom is 0.339 e. The lowest BCUT2D eigenvalue weighted by atomic mass is 10.2. The molecule has 3 heterocycles. The predicted octanol–water partition coefficient (Wildman–Crippen LogP) is 3.19. The molecule has 0 bridgehead atoms. The first kappa shape index (κ1) is 21.4. The third-order valence-corrected chi connectivity index (χ3v) is 5.23. The van der Waals surface area contributed by atoms with Crippen LogP contribution in [-0.2, 0) is 4.74 Å². The molecular weight excluding hydrogens is 408 g/mol. The quantitative estimate of drug-likeness (QED) is 0.620. The maximum atomic E-state index is 12.8. The Labute approximate surface area is 186 Å². The Bertz CT molecular complexity index is 1050. The summed E-state index contributed by atoms with van der Waals surface area (Å²) in [6.07, 6.45) is 5.93. The highest BCUT2D eigenvalue weighted by Crippen LogP contribution is 2.17. The Balaban J connectivity index is 1.35. The van der Waals surface area contributed by atoms with Gasteiger partial charge in [-0.3, -0.25) is 0 Å². The number of aromatic nitrogens is 3. The summed E-state index contributed by atoms with van der Waals surface area (Å²) in [6.45, 7) is 4.78. The first-order chi connectivity index (χ1) is 15.6. The molecule has 0 radical (unpaired) electrons. The van der Waals surface area contributed by atoms with Gasteiger partial charge in [0.1, 0.15) is 5.82 Å². The lowest BCUT2D eigenvalue weighted by Crippen LogP contribution is -2.38. The number of pyridine rings is 1. The Morgan fingerprint density at radius 2 is 2.00 bits per heavy atom. The number of urea groups is 1. The molecule has 32 heavy (non-hydrogen) atoms. The molecule has 1 N–H and O–H groups in total. The number of ether oxygens (including phenoxy) is 1. The molecule has 166 valence electrons. The Hall–Kier alpha value is -3.88. The molecular formula is C23H26N6O3. The minimum Gasteiger partial charge on any atom is -0.462 e. The van der Waals surface area contributed by atoms with E-state index in [-0.39, 0.29) is 12.0 Å². The molecule has 1 aromatic carbocycles.